The Morgan fingerprint density at radius 3 is 2.51 bits per heavy atom. The summed E-state index contributed by atoms with van der Waals surface area (Å²) in [5.41, 5.74) is 12.6. The van der Waals surface area contributed by atoms with Gasteiger partial charge < -0.3 is 20.7 Å². The summed E-state index contributed by atoms with van der Waals surface area (Å²) in [5.74, 6) is -1.61. The number of benzene rings is 3. The van der Waals surface area contributed by atoms with Crippen LogP contribution in [0.1, 0.15) is 37.5 Å². The number of amides is 2. The van der Waals surface area contributed by atoms with Crippen molar-refractivity contribution < 1.29 is 18.7 Å². The number of aromatic nitrogens is 1. The van der Waals surface area contributed by atoms with Gasteiger partial charge in [0.05, 0.1) is 18.9 Å². The number of carbonyl (C=O) groups is 2. The van der Waals surface area contributed by atoms with Crippen LogP contribution in [0.5, 0.6) is 0 Å². The van der Waals surface area contributed by atoms with Crippen molar-refractivity contribution in [2.24, 2.45) is 5.73 Å². The van der Waals surface area contributed by atoms with Gasteiger partial charge in [0.15, 0.2) is 5.82 Å². The molecule has 6 rings (SSSR count). The zero-order chi connectivity index (χ0) is 27.1. The molecule has 0 atom stereocenters. The number of rotatable bonds is 5. The molecule has 8 heteroatoms. The molecule has 1 fully saturated rings. The van der Waals surface area contributed by atoms with E-state index in [2.05, 4.69) is 21.3 Å². The molecule has 4 aromatic rings. The number of aryl methyl sites for hydroxylation is 1. The molecule has 1 saturated heterocycles. The summed E-state index contributed by atoms with van der Waals surface area (Å²) in [7, 11) is 0. The molecule has 196 valence electrons. The lowest BCUT2D eigenvalue weighted by Gasteiger charge is -2.29. The van der Waals surface area contributed by atoms with Gasteiger partial charge in [-0.1, -0.05) is 35.9 Å². The van der Waals surface area contributed by atoms with E-state index >= 15 is 4.39 Å². The van der Waals surface area contributed by atoms with Crippen molar-refractivity contribution >= 4 is 23.2 Å². The van der Waals surface area contributed by atoms with Gasteiger partial charge in [-0.15, -0.1) is 0 Å². The highest BCUT2D eigenvalue weighted by Gasteiger charge is 2.29. The molecular weight excluding hydrogens is 495 g/mol. The van der Waals surface area contributed by atoms with Gasteiger partial charge in [0.25, 0.3) is 11.8 Å². The van der Waals surface area contributed by atoms with E-state index < -0.39 is 17.6 Å². The maximum atomic E-state index is 16.0. The quantitative estimate of drug-likeness (QED) is 0.340. The van der Waals surface area contributed by atoms with Gasteiger partial charge in [-0.05, 0) is 59.5 Å². The van der Waals surface area contributed by atoms with Crippen molar-refractivity contribution in [1.82, 2.24) is 4.98 Å². The average molecular weight is 523 g/mol. The van der Waals surface area contributed by atoms with Gasteiger partial charge in [0.2, 0.25) is 0 Å². The van der Waals surface area contributed by atoms with Crippen molar-refractivity contribution in [3.05, 3.63) is 101 Å². The van der Waals surface area contributed by atoms with Gasteiger partial charge in [-0.25, -0.2) is 4.39 Å². The van der Waals surface area contributed by atoms with Crippen molar-refractivity contribution in [2.45, 2.75) is 13.3 Å². The molecule has 2 amide bonds. The smallest absolute Gasteiger partial charge is 0.267 e. The maximum absolute atomic E-state index is 16.0. The first-order valence-electron chi connectivity index (χ1n) is 12.9. The first kappa shape index (κ1) is 24.8. The number of carbonyl (C=O) groups excluding carboxylic acids is 2. The summed E-state index contributed by atoms with van der Waals surface area (Å²) in [6, 6.07) is 18.1. The number of pyridine rings is 1. The average Bonchev–Trinajstić information content (AvgIpc) is 3.33. The summed E-state index contributed by atoms with van der Waals surface area (Å²) in [5, 5.41) is 2.69. The highest BCUT2D eigenvalue weighted by atomic mass is 19.1. The number of hydrogen-bond acceptors (Lipinski definition) is 5. The molecule has 1 aliphatic carbocycles. The summed E-state index contributed by atoms with van der Waals surface area (Å²) < 4.78 is 21.4. The Bertz CT molecular complexity index is 1610. The fraction of sp³-hybridized carbons (Fsp3) is 0.194. The van der Waals surface area contributed by atoms with E-state index in [-0.39, 0.29) is 16.9 Å². The third kappa shape index (κ3) is 4.53. The molecule has 0 saturated carbocycles. The van der Waals surface area contributed by atoms with Gasteiger partial charge in [-0.3, -0.25) is 14.6 Å². The van der Waals surface area contributed by atoms with Gasteiger partial charge >= 0.3 is 0 Å². The first-order chi connectivity index (χ1) is 18.9. The standard InChI is InChI=1S/C31H27FN4O3/c1-18-5-7-19(8-6-18)31(38)35-26-4-2-3-23(28(26)32)25-17-34-29(30(33)37)24-16-20-15-21(9-10-22(20)27(24)25)36-11-13-39-14-12-36/h2-10,15,17H,11-14,16H2,1H3,(H2,33,37)(H,35,38). The van der Waals surface area contributed by atoms with E-state index in [4.69, 9.17) is 10.5 Å². The fourth-order valence-corrected chi connectivity index (χ4v) is 5.36. The number of anilines is 2. The third-order valence-electron chi connectivity index (χ3n) is 7.37. The molecule has 7 nitrogen and oxygen atoms in total. The van der Waals surface area contributed by atoms with Crippen LogP contribution in [0.25, 0.3) is 22.3 Å². The lowest BCUT2D eigenvalue weighted by Crippen LogP contribution is -2.36. The normalized spacial score (nSPS) is 14.1. The minimum atomic E-state index is -0.626. The number of nitrogens with zero attached hydrogens (tertiary/aromatic N) is 2. The summed E-state index contributed by atoms with van der Waals surface area (Å²) >= 11 is 0. The Labute approximate surface area is 225 Å². The molecule has 0 radical (unpaired) electrons. The molecule has 39 heavy (non-hydrogen) atoms. The maximum Gasteiger partial charge on any atom is 0.267 e. The zero-order valence-electron chi connectivity index (χ0n) is 21.5. The second-order valence-electron chi connectivity index (χ2n) is 9.84. The molecule has 0 bridgehead atoms. The van der Waals surface area contributed by atoms with Crippen LogP contribution < -0.4 is 16.0 Å². The molecule has 0 unspecified atom stereocenters. The van der Waals surface area contributed by atoms with Crippen LogP contribution in [0.15, 0.2) is 66.9 Å². The number of halogens is 1. The second-order valence-corrected chi connectivity index (χ2v) is 9.84. The topological polar surface area (TPSA) is 97.6 Å². The second kappa shape index (κ2) is 9.96. The number of nitrogens with two attached hydrogens (primary N) is 1. The van der Waals surface area contributed by atoms with Crippen LogP contribution in [0, 0.1) is 12.7 Å². The van der Waals surface area contributed by atoms with Crippen molar-refractivity contribution in [3.63, 3.8) is 0 Å². The third-order valence-corrected chi connectivity index (χ3v) is 7.37. The Kier molecular flexibility index (Phi) is 6.32. The highest BCUT2D eigenvalue weighted by Crippen LogP contribution is 2.46. The van der Waals surface area contributed by atoms with Crippen molar-refractivity contribution in [3.8, 4) is 22.3 Å². The Hall–Kier alpha value is -4.56. The summed E-state index contributed by atoms with van der Waals surface area (Å²) in [4.78, 5) is 31.7. The van der Waals surface area contributed by atoms with Gasteiger partial charge in [0.1, 0.15) is 5.69 Å². The van der Waals surface area contributed by atoms with Crippen LogP contribution in [-0.4, -0.2) is 43.1 Å². The number of fused-ring (bicyclic) bond motifs is 3. The van der Waals surface area contributed by atoms with E-state index in [0.29, 0.717) is 36.3 Å². The van der Waals surface area contributed by atoms with Crippen LogP contribution in [0.3, 0.4) is 0 Å². The van der Waals surface area contributed by atoms with Gasteiger partial charge in [-0.2, -0.15) is 0 Å². The van der Waals surface area contributed by atoms with Crippen LogP contribution in [-0.2, 0) is 11.2 Å². The summed E-state index contributed by atoms with van der Waals surface area (Å²) in [6.07, 6.45) is 1.96. The van der Waals surface area contributed by atoms with Crippen LogP contribution in [0.4, 0.5) is 15.8 Å². The molecular formula is C31H27FN4O3. The molecule has 1 aliphatic heterocycles. The number of hydrogen-bond donors (Lipinski definition) is 2. The lowest BCUT2D eigenvalue weighted by molar-refractivity contribution is 0.0992. The number of primary amides is 1. The van der Waals surface area contributed by atoms with E-state index in [1.807, 2.05) is 31.2 Å². The van der Waals surface area contributed by atoms with Crippen LogP contribution in [0.2, 0.25) is 0 Å². The van der Waals surface area contributed by atoms with Crippen LogP contribution >= 0.6 is 0 Å². The predicted molar refractivity (Wildman–Crippen MR) is 149 cm³/mol. The molecule has 3 aromatic carbocycles. The molecule has 2 aliphatic rings. The Balaban J connectivity index is 1.41. The van der Waals surface area contributed by atoms with E-state index in [0.717, 1.165) is 41.0 Å². The van der Waals surface area contributed by atoms with Crippen molar-refractivity contribution in [2.75, 3.05) is 36.5 Å². The number of nitrogens with one attached hydrogen (secondary N) is 1. The highest BCUT2D eigenvalue weighted by molar-refractivity contribution is 6.05. The SMILES string of the molecule is Cc1ccc(C(=O)Nc2cccc(-c3cnc(C(N)=O)c4c3-c3ccc(N5CCOCC5)cc3C4)c2F)cc1. The van der Waals surface area contributed by atoms with E-state index in [1.54, 1.807) is 24.3 Å². The molecule has 2 heterocycles. The summed E-state index contributed by atoms with van der Waals surface area (Å²) in [6.45, 7) is 4.89. The Morgan fingerprint density at radius 2 is 1.77 bits per heavy atom. The zero-order valence-corrected chi connectivity index (χ0v) is 21.5. The largest absolute Gasteiger partial charge is 0.378 e. The minimum absolute atomic E-state index is 0.0617. The van der Waals surface area contributed by atoms with E-state index in [1.165, 1.54) is 12.3 Å². The predicted octanol–water partition coefficient (Wildman–Crippen LogP) is 4.96. The number of ether oxygens (including phenoxy) is 1. The first-order valence-corrected chi connectivity index (χ1v) is 12.9. The van der Waals surface area contributed by atoms with Crippen molar-refractivity contribution in [1.29, 1.82) is 0 Å². The van der Waals surface area contributed by atoms with Gasteiger partial charge in [0, 0.05) is 48.1 Å². The monoisotopic (exact) mass is 522 g/mol. The van der Waals surface area contributed by atoms with E-state index in [9.17, 15) is 9.59 Å². The number of morpholine rings is 1. The Morgan fingerprint density at radius 1 is 1.00 bits per heavy atom. The fourth-order valence-electron chi connectivity index (χ4n) is 5.36. The molecule has 1 aromatic heterocycles. The minimum Gasteiger partial charge on any atom is -0.378 e. The molecule has 3 N–H and O–H groups in total. The lowest BCUT2D eigenvalue weighted by atomic mass is 9.94. The molecule has 0 spiro atoms.